The third kappa shape index (κ3) is 2.22. The summed E-state index contributed by atoms with van der Waals surface area (Å²) in [6, 6.07) is 3.59. The first-order chi connectivity index (χ1) is 8.27. The fraction of sp³-hybridized carbons (Fsp3) is 0.250. The second-order valence-electron chi connectivity index (χ2n) is 3.64. The van der Waals surface area contributed by atoms with E-state index in [9.17, 15) is 4.79 Å². The highest BCUT2D eigenvalue weighted by Crippen LogP contribution is 2.22. The van der Waals surface area contributed by atoms with Crippen LogP contribution in [0.3, 0.4) is 0 Å². The van der Waals surface area contributed by atoms with Crippen molar-refractivity contribution in [1.29, 1.82) is 0 Å². The summed E-state index contributed by atoms with van der Waals surface area (Å²) in [5, 5.41) is 4.72. The van der Waals surface area contributed by atoms with Crippen LogP contribution < -0.4 is 0 Å². The molecule has 0 radical (unpaired) electrons. The molecular formula is C12H12ClN3O. The zero-order valence-electron chi connectivity index (χ0n) is 9.43. The molecule has 0 saturated heterocycles. The molecule has 0 aromatic carbocycles. The van der Waals surface area contributed by atoms with Gasteiger partial charge in [-0.2, -0.15) is 5.10 Å². The van der Waals surface area contributed by atoms with Crippen molar-refractivity contribution in [1.82, 2.24) is 14.8 Å². The molecule has 0 amide bonds. The van der Waals surface area contributed by atoms with Crippen LogP contribution in [-0.2, 0) is 6.42 Å². The Hall–Kier alpha value is -1.68. The molecule has 0 bridgehead atoms. The predicted molar refractivity (Wildman–Crippen MR) is 65.8 cm³/mol. The molecule has 0 aliphatic heterocycles. The number of aromatic nitrogens is 3. The van der Waals surface area contributed by atoms with Crippen LogP contribution in [0, 0.1) is 0 Å². The minimum Gasteiger partial charge on any atom is -0.298 e. The molecule has 0 unspecified atom stereocenters. The van der Waals surface area contributed by atoms with E-state index in [2.05, 4.69) is 10.1 Å². The van der Waals surface area contributed by atoms with Gasteiger partial charge in [0, 0.05) is 12.4 Å². The minimum atomic E-state index is 0.356. The second kappa shape index (κ2) is 5.10. The molecule has 0 aliphatic carbocycles. The largest absolute Gasteiger partial charge is 0.298 e. The highest BCUT2D eigenvalue weighted by atomic mass is 35.5. The van der Waals surface area contributed by atoms with Gasteiger partial charge in [0.15, 0.2) is 6.29 Å². The van der Waals surface area contributed by atoms with Gasteiger partial charge in [-0.1, -0.05) is 24.9 Å². The molecule has 0 fully saturated rings. The van der Waals surface area contributed by atoms with E-state index in [1.54, 1.807) is 29.2 Å². The highest BCUT2D eigenvalue weighted by molar-refractivity contribution is 6.32. The average molecular weight is 250 g/mol. The van der Waals surface area contributed by atoms with Gasteiger partial charge in [-0.3, -0.25) is 9.78 Å². The van der Waals surface area contributed by atoms with Crippen molar-refractivity contribution in [3.8, 4) is 5.69 Å². The normalized spacial score (nSPS) is 10.5. The molecule has 2 aromatic rings. The lowest BCUT2D eigenvalue weighted by Crippen LogP contribution is -1.97. The lowest BCUT2D eigenvalue weighted by Gasteiger charge is -2.01. The molecule has 2 rings (SSSR count). The molecule has 2 aromatic heterocycles. The summed E-state index contributed by atoms with van der Waals surface area (Å²) in [6.07, 6.45) is 5.75. The number of nitrogens with zero attached hydrogens (tertiary/aromatic N) is 3. The number of aryl methyl sites for hydroxylation is 1. The van der Waals surface area contributed by atoms with E-state index in [1.165, 1.54) is 0 Å². The number of hydrogen-bond donors (Lipinski definition) is 0. The van der Waals surface area contributed by atoms with E-state index >= 15 is 0 Å². The van der Waals surface area contributed by atoms with Crippen LogP contribution in [0.4, 0.5) is 0 Å². The Morgan fingerprint density at radius 2 is 2.12 bits per heavy atom. The first-order valence-corrected chi connectivity index (χ1v) is 5.78. The molecule has 0 spiro atoms. The first-order valence-electron chi connectivity index (χ1n) is 5.41. The van der Waals surface area contributed by atoms with E-state index < -0.39 is 0 Å². The Morgan fingerprint density at radius 1 is 1.41 bits per heavy atom. The molecule has 0 saturated carbocycles. The zero-order valence-corrected chi connectivity index (χ0v) is 10.2. The average Bonchev–Trinajstić information content (AvgIpc) is 2.67. The van der Waals surface area contributed by atoms with Gasteiger partial charge in [-0.25, -0.2) is 4.68 Å². The van der Waals surface area contributed by atoms with Gasteiger partial charge < -0.3 is 0 Å². The Balaban J connectivity index is 2.52. The minimum absolute atomic E-state index is 0.356. The van der Waals surface area contributed by atoms with E-state index in [4.69, 9.17) is 11.6 Å². The van der Waals surface area contributed by atoms with Crippen LogP contribution in [0.25, 0.3) is 5.69 Å². The third-order valence-corrected chi connectivity index (χ3v) is 2.82. The van der Waals surface area contributed by atoms with Crippen molar-refractivity contribution in [3.63, 3.8) is 0 Å². The van der Waals surface area contributed by atoms with Crippen molar-refractivity contribution in [2.45, 2.75) is 19.8 Å². The monoisotopic (exact) mass is 249 g/mol. The fourth-order valence-electron chi connectivity index (χ4n) is 1.65. The molecule has 5 heteroatoms. The maximum Gasteiger partial charge on any atom is 0.155 e. The number of hydrogen-bond acceptors (Lipinski definition) is 3. The van der Waals surface area contributed by atoms with Gasteiger partial charge in [0.05, 0.1) is 16.9 Å². The molecule has 0 atom stereocenters. The number of aldehydes is 1. The van der Waals surface area contributed by atoms with Crippen LogP contribution in [0.15, 0.2) is 24.5 Å². The van der Waals surface area contributed by atoms with Crippen molar-refractivity contribution in [2.75, 3.05) is 0 Å². The maximum atomic E-state index is 11.0. The molecule has 17 heavy (non-hydrogen) atoms. The SMILES string of the molecule is CCCc1nn(-c2ccncc2)c(Cl)c1C=O. The summed E-state index contributed by atoms with van der Waals surface area (Å²) in [7, 11) is 0. The van der Waals surface area contributed by atoms with E-state index in [0.717, 1.165) is 30.5 Å². The fourth-order valence-corrected chi connectivity index (χ4v) is 1.94. The van der Waals surface area contributed by atoms with Crippen LogP contribution in [0.1, 0.15) is 29.4 Å². The Morgan fingerprint density at radius 3 is 2.71 bits per heavy atom. The number of carbonyl (C=O) groups excluding carboxylic acids is 1. The van der Waals surface area contributed by atoms with Crippen molar-refractivity contribution in [3.05, 3.63) is 40.9 Å². The summed E-state index contributed by atoms with van der Waals surface area (Å²) in [6.45, 7) is 2.04. The number of rotatable bonds is 4. The van der Waals surface area contributed by atoms with E-state index in [0.29, 0.717) is 10.7 Å². The van der Waals surface area contributed by atoms with E-state index in [1.807, 2.05) is 6.92 Å². The maximum absolute atomic E-state index is 11.0. The predicted octanol–water partition coefficient (Wildman–Crippen LogP) is 2.69. The summed E-state index contributed by atoms with van der Waals surface area (Å²) in [5.41, 5.74) is 2.02. The van der Waals surface area contributed by atoms with Crippen molar-refractivity contribution >= 4 is 17.9 Å². The van der Waals surface area contributed by atoms with Crippen LogP contribution >= 0.6 is 11.6 Å². The Labute approximate surface area is 104 Å². The molecule has 0 N–H and O–H groups in total. The van der Waals surface area contributed by atoms with Crippen LogP contribution in [-0.4, -0.2) is 21.1 Å². The lowest BCUT2D eigenvalue weighted by molar-refractivity contribution is 0.112. The molecule has 4 nitrogen and oxygen atoms in total. The zero-order chi connectivity index (χ0) is 12.3. The van der Waals surface area contributed by atoms with Gasteiger partial charge in [0.25, 0.3) is 0 Å². The number of pyridine rings is 1. The molecule has 88 valence electrons. The molecule has 0 aliphatic rings. The van der Waals surface area contributed by atoms with Crippen LogP contribution in [0.5, 0.6) is 0 Å². The van der Waals surface area contributed by atoms with Crippen molar-refractivity contribution < 1.29 is 4.79 Å². The summed E-state index contributed by atoms with van der Waals surface area (Å²) < 4.78 is 1.57. The van der Waals surface area contributed by atoms with Crippen molar-refractivity contribution in [2.24, 2.45) is 0 Å². The van der Waals surface area contributed by atoms with Gasteiger partial charge in [-0.15, -0.1) is 0 Å². The van der Waals surface area contributed by atoms with Gasteiger partial charge in [-0.05, 0) is 18.6 Å². The summed E-state index contributed by atoms with van der Waals surface area (Å²) in [5.74, 6) is 0. The number of carbonyl (C=O) groups is 1. The highest BCUT2D eigenvalue weighted by Gasteiger charge is 2.15. The first kappa shape index (κ1) is 11.8. The van der Waals surface area contributed by atoms with E-state index in [-0.39, 0.29) is 0 Å². The lowest BCUT2D eigenvalue weighted by atomic mass is 10.2. The van der Waals surface area contributed by atoms with Crippen LogP contribution in [0.2, 0.25) is 5.15 Å². The van der Waals surface area contributed by atoms with Gasteiger partial charge in [0.2, 0.25) is 0 Å². The standard InChI is InChI=1S/C12H12ClN3O/c1-2-3-11-10(8-17)12(13)16(15-11)9-4-6-14-7-5-9/h4-8H,2-3H2,1H3. The molecule has 2 heterocycles. The Kier molecular flexibility index (Phi) is 3.54. The second-order valence-corrected chi connectivity index (χ2v) is 3.99. The molecular weight excluding hydrogens is 238 g/mol. The third-order valence-electron chi connectivity index (χ3n) is 2.45. The van der Waals surface area contributed by atoms with Gasteiger partial charge in [0.1, 0.15) is 5.15 Å². The van der Waals surface area contributed by atoms with Gasteiger partial charge >= 0.3 is 0 Å². The smallest absolute Gasteiger partial charge is 0.155 e. The number of halogens is 1. The Bertz CT molecular complexity index is 522. The summed E-state index contributed by atoms with van der Waals surface area (Å²) >= 11 is 6.15. The topological polar surface area (TPSA) is 47.8 Å². The quantitative estimate of drug-likeness (QED) is 0.783. The summed E-state index contributed by atoms with van der Waals surface area (Å²) in [4.78, 5) is 15.0.